The Hall–Kier alpha value is -1.11. The molecule has 0 atom stereocenters. The molecule has 0 aromatic carbocycles. The number of fused-ring (bicyclic) bond motifs is 1. The number of rotatable bonds is 6. The van der Waals surface area contributed by atoms with Gasteiger partial charge in [0.15, 0.2) is 0 Å². The molecule has 0 spiro atoms. The highest BCUT2D eigenvalue weighted by Gasteiger charge is 2.20. The van der Waals surface area contributed by atoms with Gasteiger partial charge in [0, 0.05) is 11.5 Å². The van der Waals surface area contributed by atoms with Gasteiger partial charge in [0.2, 0.25) is 0 Å². The molecule has 2 rings (SSSR count). The average molecular weight is 266 g/mol. The van der Waals surface area contributed by atoms with Crippen LogP contribution in [0.3, 0.4) is 0 Å². The van der Waals surface area contributed by atoms with Crippen LogP contribution in [0.5, 0.6) is 0 Å². The molecular weight excluding hydrogens is 252 g/mol. The van der Waals surface area contributed by atoms with E-state index in [1.807, 2.05) is 27.8 Å². The maximum absolute atomic E-state index is 4.34. The molecule has 2 aliphatic heterocycles. The van der Waals surface area contributed by atoms with E-state index in [9.17, 15) is 0 Å². The summed E-state index contributed by atoms with van der Waals surface area (Å²) in [5.74, 6) is 1.74. The lowest BCUT2D eigenvalue weighted by molar-refractivity contribution is 0.308. The molecule has 6 heteroatoms. The number of nitrogens with one attached hydrogen (secondary N) is 1. The molecule has 0 aliphatic carbocycles. The third-order valence-electron chi connectivity index (χ3n) is 1.99. The first-order valence-electron chi connectivity index (χ1n) is 5.13. The smallest absolute Gasteiger partial charge is 0.113 e. The van der Waals surface area contributed by atoms with Crippen LogP contribution in [0.1, 0.15) is 0 Å². The van der Waals surface area contributed by atoms with E-state index in [1.165, 1.54) is 0 Å². The van der Waals surface area contributed by atoms with Crippen LogP contribution in [-0.4, -0.2) is 27.3 Å². The molecule has 17 heavy (non-hydrogen) atoms. The summed E-state index contributed by atoms with van der Waals surface area (Å²) >= 11 is 3.32. The Kier molecular flexibility index (Phi) is 4.36. The summed E-state index contributed by atoms with van der Waals surface area (Å²) in [6, 6.07) is 0. The molecule has 0 bridgehead atoms. The topological polar surface area (TPSA) is 30.9 Å². The van der Waals surface area contributed by atoms with Crippen molar-refractivity contribution in [2.45, 2.75) is 0 Å². The Bertz CT molecular complexity index is 400. The standard InChI is InChI=1S/C11H14N4S2/c1-3-5-16-11-7-10-8-15(17-6-4-2)13-14(10)9-12-11/h3-4,7-9,13H,1-2,5-6H2. The minimum Gasteiger partial charge on any atom is -0.246 e. The van der Waals surface area contributed by atoms with Crippen molar-refractivity contribution < 1.29 is 0 Å². The lowest BCUT2D eigenvalue weighted by Crippen LogP contribution is -2.37. The van der Waals surface area contributed by atoms with Crippen molar-refractivity contribution in [1.82, 2.24) is 15.0 Å². The maximum atomic E-state index is 4.34. The van der Waals surface area contributed by atoms with Crippen LogP contribution < -0.4 is 5.53 Å². The van der Waals surface area contributed by atoms with Crippen LogP contribution in [0.2, 0.25) is 0 Å². The number of allylic oxidation sites excluding steroid dienone is 1. The number of aliphatic imine (C=N–C) groups is 1. The van der Waals surface area contributed by atoms with Crippen LogP contribution in [-0.2, 0) is 0 Å². The number of hydrazine groups is 2. The fourth-order valence-corrected chi connectivity index (χ4v) is 2.48. The zero-order valence-electron chi connectivity index (χ0n) is 9.37. The predicted octanol–water partition coefficient (Wildman–Crippen LogP) is 2.50. The van der Waals surface area contributed by atoms with E-state index in [-0.39, 0.29) is 0 Å². The summed E-state index contributed by atoms with van der Waals surface area (Å²) in [6.45, 7) is 7.40. The number of hydrogen-bond acceptors (Lipinski definition) is 6. The van der Waals surface area contributed by atoms with Gasteiger partial charge in [-0.2, -0.15) is 0 Å². The minimum atomic E-state index is 0.865. The van der Waals surface area contributed by atoms with Gasteiger partial charge in [0.1, 0.15) is 11.4 Å². The fourth-order valence-electron chi connectivity index (χ4n) is 1.28. The molecule has 0 saturated heterocycles. The second-order valence-electron chi connectivity index (χ2n) is 3.26. The molecule has 0 amide bonds. The summed E-state index contributed by atoms with van der Waals surface area (Å²) in [6.07, 6.45) is 9.62. The molecule has 0 aromatic heterocycles. The summed E-state index contributed by atoms with van der Waals surface area (Å²) < 4.78 is 1.95. The molecule has 4 nitrogen and oxygen atoms in total. The van der Waals surface area contributed by atoms with Crippen molar-refractivity contribution in [2.24, 2.45) is 4.99 Å². The predicted molar refractivity (Wildman–Crippen MR) is 76.8 cm³/mol. The summed E-state index contributed by atoms with van der Waals surface area (Å²) in [4.78, 5) is 4.34. The third-order valence-corrected chi connectivity index (χ3v) is 3.76. The maximum Gasteiger partial charge on any atom is 0.113 e. The number of thioether (sulfide) groups is 1. The van der Waals surface area contributed by atoms with E-state index in [0.29, 0.717) is 0 Å². The monoisotopic (exact) mass is 266 g/mol. The summed E-state index contributed by atoms with van der Waals surface area (Å²) in [5.41, 5.74) is 4.26. The Morgan fingerprint density at radius 3 is 2.94 bits per heavy atom. The molecule has 0 saturated carbocycles. The fraction of sp³-hybridized carbons (Fsp3) is 0.182. The Morgan fingerprint density at radius 2 is 2.18 bits per heavy atom. The van der Waals surface area contributed by atoms with Gasteiger partial charge in [-0.05, 0) is 18.0 Å². The van der Waals surface area contributed by atoms with E-state index in [1.54, 1.807) is 30.0 Å². The van der Waals surface area contributed by atoms with Crippen LogP contribution in [0.25, 0.3) is 0 Å². The van der Waals surface area contributed by atoms with Gasteiger partial charge in [-0.1, -0.05) is 12.2 Å². The van der Waals surface area contributed by atoms with Gasteiger partial charge in [-0.3, -0.25) is 0 Å². The van der Waals surface area contributed by atoms with Gasteiger partial charge in [0.05, 0.1) is 11.9 Å². The molecule has 90 valence electrons. The van der Waals surface area contributed by atoms with E-state index >= 15 is 0 Å². The van der Waals surface area contributed by atoms with E-state index in [4.69, 9.17) is 0 Å². The highest BCUT2D eigenvalue weighted by Crippen LogP contribution is 2.27. The van der Waals surface area contributed by atoms with Gasteiger partial charge in [-0.25, -0.2) is 14.4 Å². The average Bonchev–Trinajstić information content (AvgIpc) is 2.75. The Labute approximate surface area is 110 Å². The van der Waals surface area contributed by atoms with E-state index in [2.05, 4.69) is 29.8 Å². The minimum absolute atomic E-state index is 0.865. The van der Waals surface area contributed by atoms with Crippen molar-refractivity contribution in [3.63, 3.8) is 0 Å². The Balaban J connectivity index is 1.98. The van der Waals surface area contributed by atoms with E-state index in [0.717, 1.165) is 22.2 Å². The zero-order chi connectivity index (χ0) is 12.1. The molecule has 1 N–H and O–H groups in total. The van der Waals surface area contributed by atoms with Gasteiger partial charge >= 0.3 is 0 Å². The van der Waals surface area contributed by atoms with Crippen LogP contribution in [0.4, 0.5) is 0 Å². The normalized spacial score (nSPS) is 17.6. The SMILES string of the molecule is C=CCSC1=CC2=CN(SCC=C)NN2C=N1. The van der Waals surface area contributed by atoms with Crippen molar-refractivity contribution >= 4 is 30.0 Å². The molecule has 2 aliphatic rings. The van der Waals surface area contributed by atoms with Crippen LogP contribution >= 0.6 is 23.7 Å². The van der Waals surface area contributed by atoms with Gasteiger partial charge in [0.25, 0.3) is 0 Å². The number of hydrogen-bond donors (Lipinski definition) is 1. The second kappa shape index (κ2) is 6.00. The molecule has 0 fully saturated rings. The molecule has 2 heterocycles. The first-order valence-corrected chi connectivity index (χ1v) is 7.06. The highest BCUT2D eigenvalue weighted by molar-refractivity contribution is 8.03. The third kappa shape index (κ3) is 3.18. The quantitative estimate of drug-likeness (QED) is 0.589. The highest BCUT2D eigenvalue weighted by atomic mass is 32.2. The zero-order valence-corrected chi connectivity index (χ0v) is 11.0. The van der Waals surface area contributed by atoms with Crippen molar-refractivity contribution in [2.75, 3.05) is 11.5 Å². The summed E-state index contributed by atoms with van der Waals surface area (Å²) in [5, 5.41) is 2.89. The molecule has 0 radical (unpaired) electrons. The van der Waals surface area contributed by atoms with Crippen molar-refractivity contribution in [3.05, 3.63) is 48.3 Å². The van der Waals surface area contributed by atoms with Crippen molar-refractivity contribution in [3.8, 4) is 0 Å². The largest absolute Gasteiger partial charge is 0.246 e. The van der Waals surface area contributed by atoms with E-state index < -0.39 is 0 Å². The molecule has 0 unspecified atom stereocenters. The first kappa shape index (κ1) is 12.3. The Morgan fingerprint density at radius 1 is 1.35 bits per heavy atom. The van der Waals surface area contributed by atoms with Crippen LogP contribution in [0.15, 0.2) is 53.3 Å². The second-order valence-corrected chi connectivity index (χ2v) is 5.29. The van der Waals surface area contributed by atoms with Crippen LogP contribution in [0, 0.1) is 0 Å². The summed E-state index contributed by atoms with van der Waals surface area (Å²) in [7, 11) is 0. The lowest BCUT2D eigenvalue weighted by atomic mass is 10.4. The molecule has 0 aromatic rings. The van der Waals surface area contributed by atoms with Gasteiger partial charge < -0.3 is 0 Å². The number of nitrogens with zero attached hydrogens (tertiary/aromatic N) is 3. The molecular formula is C11H14N4S2. The first-order chi connectivity index (χ1) is 8.33. The van der Waals surface area contributed by atoms with Gasteiger partial charge in [-0.15, -0.1) is 30.5 Å². The lowest BCUT2D eigenvalue weighted by Gasteiger charge is -2.20. The van der Waals surface area contributed by atoms with Crippen molar-refractivity contribution in [1.29, 1.82) is 0 Å².